The van der Waals surface area contributed by atoms with Gasteiger partial charge in [-0.1, -0.05) is 0 Å². The highest BCUT2D eigenvalue weighted by atomic mass is 32.2. The number of thioether (sulfide) groups is 1. The minimum atomic E-state index is -4.35. The van der Waals surface area contributed by atoms with Gasteiger partial charge in [0.1, 0.15) is 16.5 Å². The number of benzene rings is 1. The molecule has 0 unspecified atom stereocenters. The number of pyridine rings is 1. The van der Waals surface area contributed by atoms with Gasteiger partial charge in [-0.05, 0) is 60.8 Å². The van der Waals surface area contributed by atoms with Gasteiger partial charge in [0.15, 0.2) is 0 Å². The third kappa shape index (κ3) is 7.12. The largest absolute Gasteiger partial charge is 0.446 e. The second-order valence-corrected chi connectivity index (χ2v) is 8.16. The molecule has 12 heteroatoms. The van der Waals surface area contributed by atoms with Gasteiger partial charge in [0.25, 0.3) is 5.91 Å². The van der Waals surface area contributed by atoms with Crippen molar-refractivity contribution in [3.63, 3.8) is 0 Å². The standard InChI is InChI=1S/C19H19F3N6OS2/c1-23-10-26-15-8-12(6-7-24-15)9-25-17-16(30-11-27-17)18(29)28-13-2-4-14(5-3-13)31-19(20,21)22/h2-8,11,23,25H,9-10H2,1H3,(H,24,26)(H,28,29). The number of rotatable bonds is 9. The first-order chi connectivity index (χ1) is 14.8. The van der Waals surface area contributed by atoms with E-state index in [1.54, 1.807) is 11.7 Å². The lowest BCUT2D eigenvalue weighted by molar-refractivity contribution is -0.0328. The van der Waals surface area contributed by atoms with Crippen molar-refractivity contribution >= 4 is 46.3 Å². The number of carbonyl (C=O) groups is 1. The lowest BCUT2D eigenvalue weighted by Crippen LogP contribution is -2.17. The van der Waals surface area contributed by atoms with Gasteiger partial charge in [-0.25, -0.2) is 9.97 Å². The highest BCUT2D eigenvalue weighted by Gasteiger charge is 2.29. The molecule has 164 valence electrons. The molecule has 4 N–H and O–H groups in total. The summed E-state index contributed by atoms with van der Waals surface area (Å²) in [4.78, 5) is 21.4. The van der Waals surface area contributed by atoms with Crippen molar-refractivity contribution < 1.29 is 18.0 Å². The molecule has 0 radical (unpaired) electrons. The number of thiazole rings is 1. The normalized spacial score (nSPS) is 11.2. The Morgan fingerprint density at radius 1 is 1.13 bits per heavy atom. The molecule has 0 spiro atoms. The average molecular weight is 469 g/mol. The predicted molar refractivity (Wildman–Crippen MR) is 118 cm³/mol. The molecule has 3 aromatic rings. The van der Waals surface area contributed by atoms with Crippen molar-refractivity contribution in [2.75, 3.05) is 29.7 Å². The van der Waals surface area contributed by atoms with E-state index in [9.17, 15) is 18.0 Å². The number of hydrogen-bond acceptors (Lipinski definition) is 8. The van der Waals surface area contributed by atoms with Crippen LogP contribution in [0.1, 0.15) is 15.2 Å². The Bertz CT molecular complexity index is 1010. The van der Waals surface area contributed by atoms with E-state index < -0.39 is 11.4 Å². The van der Waals surface area contributed by atoms with Crippen LogP contribution in [-0.4, -0.2) is 35.1 Å². The Balaban J connectivity index is 1.60. The van der Waals surface area contributed by atoms with Gasteiger partial charge >= 0.3 is 5.51 Å². The molecular formula is C19H19F3N6OS2. The van der Waals surface area contributed by atoms with E-state index in [1.807, 2.05) is 19.2 Å². The summed E-state index contributed by atoms with van der Waals surface area (Å²) in [6, 6.07) is 9.21. The summed E-state index contributed by atoms with van der Waals surface area (Å²) >= 11 is 0.961. The van der Waals surface area contributed by atoms with E-state index in [0.717, 1.165) is 11.4 Å². The van der Waals surface area contributed by atoms with Gasteiger partial charge in [0, 0.05) is 23.3 Å². The van der Waals surface area contributed by atoms with Crippen LogP contribution < -0.4 is 21.3 Å². The quantitative estimate of drug-likeness (QED) is 0.269. The number of anilines is 3. The van der Waals surface area contributed by atoms with Crippen LogP contribution in [0.25, 0.3) is 0 Å². The molecule has 31 heavy (non-hydrogen) atoms. The second kappa shape index (κ2) is 10.5. The molecule has 0 atom stereocenters. The molecule has 1 aromatic carbocycles. The lowest BCUT2D eigenvalue weighted by Gasteiger charge is -2.10. The molecule has 7 nitrogen and oxygen atoms in total. The zero-order chi connectivity index (χ0) is 22.3. The van der Waals surface area contributed by atoms with Gasteiger partial charge in [0.05, 0.1) is 12.2 Å². The molecule has 0 fully saturated rings. The van der Waals surface area contributed by atoms with Crippen molar-refractivity contribution in [2.45, 2.75) is 16.9 Å². The van der Waals surface area contributed by atoms with Gasteiger partial charge in [-0.15, -0.1) is 11.3 Å². The van der Waals surface area contributed by atoms with Crippen molar-refractivity contribution in [2.24, 2.45) is 0 Å². The van der Waals surface area contributed by atoms with Crippen molar-refractivity contribution in [3.05, 3.63) is 58.5 Å². The molecule has 0 aliphatic heterocycles. The fourth-order valence-corrected chi connectivity index (χ4v) is 3.70. The first-order valence-corrected chi connectivity index (χ1v) is 10.7. The van der Waals surface area contributed by atoms with Crippen LogP contribution in [0, 0.1) is 0 Å². The molecule has 2 heterocycles. The van der Waals surface area contributed by atoms with Crippen LogP contribution >= 0.6 is 23.1 Å². The minimum absolute atomic E-state index is 0.0478. The zero-order valence-electron chi connectivity index (χ0n) is 16.3. The van der Waals surface area contributed by atoms with Crippen LogP contribution in [0.15, 0.2) is 53.0 Å². The third-order valence-corrected chi connectivity index (χ3v) is 5.41. The van der Waals surface area contributed by atoms with Crippen LogP contribution in [0.3, 0.4) is 0 Å². The lowest BCUT2D eigenvalue weighted by atomic mass is 10.2. The van der Waals surface area contributed by atoms with Crippen molar-refractivity contribution in [1.82, 2.24) is 15.3 Å². The fraction of sp³-hybridized carbons (Fsp3) is 0.211. The molecule has 0 bridgehead atoms. The smallest absolute Gasteiger partial charge is 0.365 e. The van der Waals surface area contributed by atoms with E-state index in [4.69, 9.17) is 0 Å². The topological polar surface area (TPSA) is 91.0 Å². The molecule has 1 amide bonds. The summed E-state index contributed by atoms with van der Waals surface area (Å²) in [5.74, 6) is 0.748. The van der Waals surface area contributed by atoms with Crippen molar-refractivity contribution in [1.29, 1.82) is 0 Å². The third-order valence-electron chi connectivity index (χ3n) is 3.85. The van der Waals surface area contributed by atoms with Crippen LogP contribution in [0.5, 0.6) is 0 Å². The molecule has 0 saturated carbocycles. The molecule has 0 aliphatic carbocycles. The number of aromatic nitrogens is 2. The number of hydrogen-bond donors (Lipinski definition) is 4. The van der Waals surface area contributed by atoms with E-state index in [2.05, 4.69) is 31.2 Å². The Morgan fingerprint density at radius 3 is 2.61 bits per heavy atom. The van der Waals surface area contributed by atoms with E-state index in [0.29, 0.717) is 29.6 Å². The Kier molecular flexibility index (Phi) is 7.71. The molecule has 2 aromatic heterocycles. The summed E-state index contributed by atoms with van der Waals surface area (Å²) in [6.07, 6.45) is 1.68. The molecular weight excluding hydrogens is 449 g/mol. The van der Waals surface area contributed by atoms with Crippen molar-refractivity contribution in [3.8, 4) is 0 Å². The molecule has 0 aliphatic rings. The summed E-state index contributed by atoms with van der Waals surface area (Å²) in [7, 11) is 1.82. The van der Waals surface area contributed by atoms with Crippen LogP contribution in [-0.2, 0) is 6.54 Å². The van der Waals surface area contributed by atoms with Gasteiger partial charge in [-0.3, -0.25) is 4.79 Å². The number of carbonyl (C=O) groups excluding carboxylic acids is 1. The van der Waals surface area contributed by atoms with Gasteiger partial charge in [0.2, 0.25) is 0 Å². The Labute approximate surface area is 184 Å². The first-order valence-electron chi connectivity index (χ1n) is 9.02. The fourth-order valence-electron chi connectivity index (χ4n) is 2.51. The first kappa shape index (κ1) is 22.8. The molecule has 3 rings (SSSR count). The second-order valence-electron chi connectivity index (χ2n) is 6.17. The number of alkyl halides is 3. The maximum Gasteiger partial charge on any atom is 0.446 e. The number of amides is 1. The summed E-state index contributed by atoms with van der Waals surface area (Å²) in [6.45, 7) is 1.01. The number of nitrogens with zero attached hydrogens (tertiary/aromatic N) is 2. The zero-order valence-corrected chi connectivity index (χ0v) is 17.9. The highest BCUT2D eigenvalue weighted by Crippen LogP contribution is 2.37. The predicted octanol–water partition coefficient (Wildman–Crippen LogP) is 4.60. The maximum atomic E-state index is 12.6. The van der Waals surface area contributed by atoms with Crippen LogP contribution in [0.4, 0.5) is 30.5 Å². The number of halogens is 3. The molecule has 0 saturated heterocycles. The maximum absolute atomic E-state index is 12.6. The van der Waals surface area contributed by atoms with E-state index >= 15 is 0 Å². The Hall–Kier alpha value is -2.83. The highest BCUT2D eigenvalue weighted by molar-refractivity contribution is 8.00. The monoisotopic (exact) mass is 468 g/mol. The summed E-state index contributed by atoms with van der Waals surface area (Å²) < 4.78 is 37.3. The SMILES string of the molecule is CNCNc1cc(CNc2ncsc2C(=O)Nc2ccc(SC(F)(F)F)cc2)ccn1. The van der Waals surface area contributed by atoms with Gasteiger partial charge in [-0.2, -0.15) is 13.2 Å². The van der Waals surface area contributed by atoms with E-state index in [1.165, 1.54) is 35.6 Å². The van der Waals surface area contributed by atoms with E-state index in [-0.39, 0.29) is 16.7 Å². The minimum Gasteiger partial charge on any atom is -0.365 e. The van der Waals surface area contributed by atoms with Crippen LogP contribution in [0.2, 0.25) is 0 Å². The Morgan fingerprint density at radius 2 is 1.90 bits per heavy atom. The average Bonchev–Trinajstić information content (AvgIpc) is 3.20. The number of nitrogens with one attached hydrogen (secondary N) is 4. The van der Waals surface area contributed by atoms with Gasteiger partial charge < -0.3 is 21.3 Å². The summed E-state index contributed by atoms with van der Waals surface area (Å²) in [5.41, 5.74) is -1.46. The summed E-state index contributed by atoms with van der Waals surface area (Å²) in [5, 5.41) is 11.9.